The first-order valence-electron chi connectivity index (χ1n) is 10.8. The van der Waals surface area contributed by atoms with Gasteiger partial charge in [0.2, 0.25) is 0 Å². The molecule has 0 amide bonds. The van der Waals surface area contributed by atoms with Gasteiger partial charge in [0.1, 0.15) is 10.8 Å². The van der Waals surface area contributed by atoms with E-state index in [9.17, 15) is 9.59 Å². The normalized spacial score (nSPS) is 10.9. The van der Waals surface area contributed by atoms with Crippen molar-refractivity contribution in [3.8, 4) is 16.8 Å². The predicted molar refractivity (Wildman–Crippen MR) is 141 cm³/mol. The molecule has 1 N–H and O–H groups in total. The molecule has 1 aromatic heterocycles. The topological polar surface area (TPSA) is 72.2 Å². The molecule has 1 heterocycles. The Hall–Kier alpha value is -3.06. The second-order valence-corrected chi connectivity index (χ2v) is 9.92. The molecule has 4 rings (SSSR count). The monoisotopic (exact) mass is 524 g/mol. The molecule has 0 saturated carbocycles. The molecule has 0 fully saturated rings. The van der Waals surface area contributed by atoms with Crippen LogP contribution in [-0.4, -0.2) is 32.4 Å². The number of aryl methyl sites for hydroxylation is 1. The number of carbonyl (C=O) groups excluding carboxylic acids is 1. The molecule has 0 saturated heterocycles. The van der Waals surface area contributed by atoms with Crippen molar-refractivity contribution in [3.05, 3.63) is 99.7 Å². The van der Waals surface area contributed by atoms with E-state index in [1.807, 2.05) is 61.5 Å². The van der Waals surface area contributed by atoms with Gasteiger partial charge in [-0.3, -0.25) is 9.59 Å². The molecule has 0 aliphatic rings. The molecule has 0 radical (unpaired) electrons. The van der Waals surface area contributed by atoms with E-state index in [4.69, 9.17) is 28.3 Å². The van der Waals surface area contributed by atoms with E-state index < -0.39 is 5.97 Å². The molecule has 0 spiro atoms. The van der Waals surface area contributed by atoms with Gasteiger partial charge >= 0.3 is 5.97 Å². The van der Waals surface area contributed by atoms with E-state index in [0.717, 1.165) is 38.5 Å². The zero-order valence-electron chi connectivity index (χ0n) is 18.9. The van der Waals surface area contributed by atoms with Crippen LogP contribution in [0.15, 0.2) is 78.0 Å². The van der Waals surface area contributed by atoms with Crippen LogP contribution in [0, 0.1) is 6.92 Å². The summed E-state index contributed by atoms with van der Waals surface area (Å²) in [7, 11) is 0. The lowest BCUT2D eigenvalue weighted by molar-refractivity contribution is -0.136. The van der Waals surface area contributed by atoms with Crippen molar-refractivity contribution in [2.24, 2.45) is 0 Å². The Kier molecular flexibility index (Phi) is 7.96. The minimum atomic E-state index is -0.864. The van der Waals surface area contributed by atoms with Gasteiger partial charge in [0.25, 0.3) is 0 Å². The molecule has 8 heteroatoms. The van der Waals surface area contributed by atoms with Gasteiger partial charge in [-0.25, -0.2) is 4.68 Å². The second kappa shape index (κ2) is 11.1. The predicted octanol–water partition coefficient (Wildman–Crippen LogP) is 6.69. The summed E-state index contributed by atoms with van der Waals surface area (Å²) in [6.07, 6.45) is 1.90. The van der Waals surface area contributed by atoms with Crippen LogP contribution in [-0.2, 0) is 22.4 Å². The van der Waals surface area contributed by atoms with Gasteiger partial charge in [-0.05, 0) is 59.0 Å². The highest BCUT2D eigenvalue weighted by molar-refractivity contribution is 7.99. The van der Waals surface area contributed by atoms with Crippen LogP contribution in [0.3, 0.4) is 0 Å². The van der Waals surface area contributed by atoms with Crippen molar-refractivity contribution in [2.45, 2.75) is 24.8 Å². The lowest BCUT2D eigenvalue weighted by Gasteiger charge is -2.10. The maximum absolute atomic E-state index is 12.7. The van der Waals surface area contributed by atoms with Crippen LogP contribution < -0.4 is 0 Å². The molecule has 0 bridgehead atoms. The van der Waals surface area contributed by atoms with Crippen molar-refractivity contribution in [3.63, 3.8) is 0 Å². The van der Waals surface area contributed by atoms with Crippen LogP contribution in [0.25, 0.3) is 16.8 Å². The van der Waals surface area contributed by atoms with E-state index in [0.29, 0.717) is 10.0 Å². The number of halogens is 2. The lowest BCUT2D eigenvalue weighted by Crippen LogP contribution is -2.07. The maximum atomic E-state index is 12.7. The first-order valence-corrected chi connectivity index (χ1v) is 12.6. The Bertz CT molecular complexity index is 1380. The number of ketones is 1. The van der Waals surface area contributed by atoms with Crippen molar-refractivity contribution in [2.75, 3.05) is 5.75 Å². The number of hydrogen-bond donors (Lipinski definition) is 1. The van der Waals surface area contributed by atoms with E-state index >= 15 is 0 Å². The van der Waals surface area contributed by atoms with Crippen LogP contribution >= 0.6 is 35.0 Å². The summed E-state index contributed by atoms with van der Waals surface area (Å²) < 4.78 is 1.74. The van der Waals surface area contributed by atoms with Gasteiger partial charge in [0.05, 0.1) is 29.1 Å². The molecule has 0 aliphatic carbocycles. The van der Waals surface area contributed by atoms with Crippen LogP contribution in [0.2, 0.25) is 10.0 Å². The number of carboxylic acids is 1. The molecule has 35 heavy (non-hydrogen) atoms. The van der Waals surface area contributed by atoms with Crippen LogP contribution in [0.4, 0.5) is 0 Å². The fourth-order valence-corrected chi connectivity index (χ4v) is 5.04. The minimum Gasteiger partial charge on any atom is -0.481 e. The van der Waals surface area contributed by atoms with E-state index in [-0.39, 0.29) is 24.4 Å². The third kappa shape index (κ3) is 6.34. The molecule has 0 unspecified atom stereocenters. The summed E-state index contributed by atoms with van der Waals surface area (Å²) >= 11 is 14.3. The van der Waals surface area contributed by atoms with Crippen molar-refractivity contribution in [1.29, 1.82) is 0 Å². The molecular weight excluding hydrogens is 503 g/mol. The fraction of sp³-hybridized carbons (Fsp3) is 0.148. The number of Topliss-reactive ketones (excluding diaryl/α,β-unsaturated/α-hetero) is 1. The first-order chi connectivity index (χ1) is 16.8. The molecule has 178 valence electrons. The summed E-state index contributed by atoms with van der Waals surface area (Å²) in [5.41, 5.74) is 5.16. The Morgan fingerprint density at radius 1 is 0.914 bits per heavy atom. The summed E-state index contributed by atoms with van der Waals surface area (Å²) in [4.78, 5) is 23.6. The fourth-order valence-electron chi connectivity index (χ4n) is 3.64. The summed E-state index contributed by atoms with van der Waals surface area (Å²) in [6.45, 7) is 1.98. The van der Waals surface area contributed by atoms with Crippen LogP contribution in [0.1, 0.15) is 16.7 Å². The molecule has 3 aromatic carbocycles. The number of thioether (sulfide) groups is 1. The van der Waals surface area contributed by atoms with Gasteiger partial charge in [-0.2, -0.15) is 5.10 Å². The first kappa shape index (κ1) is 25.0. The zero-order valence-corrected chi connectivity index (χ0v) is 21.2. The zero-order chi connectivity index (χ0) is 24.9. The number of benzene rings is 3. The van der Waals surface area contributed by atoms with E-state index in [1.165, 1.54) is 11.8 Å². The lowest BCUT2D eigenvalue weighted by atomic mass is 10.0. The highest BCUT2D eigenvalue weighted by Crippen LogP contribution is 2.29. The Morgan fingerprint density at radius 2 is 1.66 bits per heavy atom. The van der Waals surface area contributed by atoms with Crippen LogP contribution in [0.5, 0.6) is 0 Å². The molecule has 4 aromatic rings. The summed E-state index contributed by atoms with van der Waals surface area (Å²) in [5.74, 6) is -0.542. The van der Waals surface area contributed by atoms with Crippen molar-refractivity contribution < 1.29 is 14.7 Å². The number of aliphatic carboxylic acids is 1. The third-order valence-electron chi connectivity index (χ3n) is 5.40. The summed E-state index contributed by atoms with van der Waals surface area (Å²) in [6, 6.07) is 20.6. The van der Waals surface area contributed by atoms with Crippen molar-refractivity contribution >= 4 is 46.7 Å². The number of nitrogens with zero attached hydrogens (tertiary/aromatic N) is 2. The Balaban J connectivity index is 1.40. The van der Waals surface area contributed by atoms with E-state index in [2.05, 4.69) is 5.10 Å². The van der Waals surface area contributed by atoms with E-state index in [1.54, 1.807) is 23.0 Å². The van der Waals surface area contributed by atoms with Gasteiger partial charge in [0, 0.05) is 11.4 Å². The largest absolute Gasteiger partial charge is 0.481 e. The van der Waals surface area contributed by atoms with Gasteiger partial charge in [-0.1, -0.05) is 77.4 Å². The molecular formula is C27H22Cl2N2O3S. The Morgan fingerprint density at radius 3 is 2.34 bits per heavy atom. The average molecular weight is 525 g/mol. The number of carboxylic acid groups (broad SMARTS) is 1. The minimum absolute atomic E-state index is 0.0149. The van der Waals surface area contributed by atoms with Gasteiger partial charge < -0.3 is 5.11 Å². The van der Waals surface area contributed by atoms with Crippen molar-refractivity contribution in [1.82, 2.24) is 9.78 Å². The smallest absolute Gasteiger partial charge is 0.307 e. The number of carbonyl (C=O) groups is 2. The summed E-state index contributed by atoms with van der Waals surface area (Å²) in [5, 5.41) is 15.2. The number of rotatable bonds is 9. The SMILES string of the molecule is Cc1ccc(-n2nccc2SCC(=O)Cc2ccc(-c3ccc(CC(=O)O)cc3)cc2Cl)c(Cl)c1. The quantitative estimate of drug-likeness (QED) is 0.247. The Labute approximate surface area is 217 Å². The second-order valence-electron chi connectivity index (χ2n) is 8.11. The highest BCUT2D eigenvalue weighted by Gasteiger charge is 2.13. The average Bonchev–Trinajstić information content (AvgIpc) is 3.27. The molecule has 5 nitrogen and oxygen atoms in total. The maximum Gasteiger partial charge on any atom is 0.307 e. The standard InChI is InChI=1S/C27H22Cl2N2O3S/c1-17-2-9-25(24(29)12-17)31-26(10-11-30-31)35-16-22(32)14-21-8-7-20(15-23(21)28)19-5-3-18(4-6-19)13-27(33)34/h2-12,15H,13-14,16H2,1H3,(H,33,34). The molecule has 0 atom stereocenters. The molecule has 0 aliphatic heterocycles. The van der Waals surface area contributed by atoms with Gasteiger partial charge in [-0.15, -0.1) is 0 Å². The number of hydrogen-bond acceptors (Lipinski definition) is 4. The highest BCUT2D eigenvalue weighted by atomic mass is 35.5. The van der Waals surface area contributed by atoms with Gasteiger partial charge in [0.15, 0.2) is 0 Å². The third-order valence-corrected chi connectivity index (χ3v) is 7.13. The number of aromatic nitrogens is 2.